The van der Waals surface area contributed by atoms with Gasteiger partial charge in [0.15, 0.2) is 0 Å². The molecule has 0 atom stereocenters. The maximum absolute atomic E-state index is 10.4. The van der Waals surface area contributed by atoms with Gasteiger partial charge in [-0.25, -0.2) is 0 Å². The van der Waals surface area contributed by atoms with E-state index < -0.39 is 4.92 Å². The van der Waals surface area contributed by atoms with Crippen molar-refractivity contribution in [1.29, 1.82) is 0 Å². The Labute approximate surface area is 90.3 Å². The molecule has 6 heteroatoms. The highest BCUT2D eigenvalue weighted by molar-refractivity contribution is 7.15. The van der Waals surface area contributed by atoms with Crippen molar-refractivity contribution in [2.24, 2.45) is 0 Å². The fraction of sp³-hybridized carbons (Fsp3) is 0.250. The molecule has 1 aromatic rings. The molecule has 1 aromatic heterocycles. The van der Waals surface area contributed by atoms with Crippen molar-refractivity contribution in [1.82, 2.24) is 5.32 Å². The standard InChI is InChI=1S/C8H9ClN2O2S/c1-6(9)4-10-5-7-2-3-8(14-7)11(12)13/h2-3,10H,1,4-5H2. The van der Waals surface area contributed by atoms with Gasteiger partial charge in [-0.2, -0.15) is 0 Å². The zero-order chi connectivity index (χ0) is 10.6. The van der Waals surface area contributed by atoms with Gasteiger partial charge in [0.2, 0.25) is 0 Å². The molecule has 0 radical (unpaired) electrons. The minimum atomic E-state index is -0.394. The summed E-state index contributed by atoms with van der Waals surface area (Å²) >= 11 is 6.70. The van der Waals surface area contributed by atoms with Crippen LogP contribution in [0, 0.1) is 10.1 Å². The summed E-state index contributed by atoms with van der Waals surface area (Å²) in [6.45, 7) is 4.60. The largest absolute Gasteiger partial charge is 0.324 e. The van der Waals surface area contributed by atoms with E-state index in [0.717, 1.165) is 16.2 Å². The first-order valence-corrected chi connectivity index (χ1v) is 5.06. The van der Waals surface area contributed by atoms with E-state index in [1.54, 1.807) is 6.07 Å². The summed E-state index contributed by atoms with van der Waals surface area (Å²) in [6.07, 6.45) is 0. The van der Waals surface area contributed by atoms with Crippen LogP contribution in [0.15, 0.2) is 23.7 Å². The van der Waals surface area contributed by atoms with Crippen LogP contribution in [0.3, 0.4) is 0 Å². The molecule has 0 aliphatic rings. The Balaban J connectivity index is 2.44. The fourth-order valence-corrected chi connectivity index (χ4v) is 1.77. The SMILES string of the molecule is C=C(Cl)CNCc1ccc([N+](=O)[O-])s1. The van der Waals surface area contributed by atoms with Crippen LogP contribution in [0.4, 0.5) is 5.00 Å². The Morgan fingerprint density at radius 3 is 2.93 bits per heavy atom. The van der Waals surface area contributed by atoms with E-state index >= 15 is 0 Å². The van der Waals surface area contributed by atoms with Gasteiger partial charge in [0, 0.05) is 29.1 Å². The Kier molecular flexibility index (Phi) is 4.06. The average molecular weight is 233 g/mol. The summed E-state index contributed by atoms with van der Waals surface area (Å²) in [5, 5.41) is 14.0. The van der Waals surface area contributed by atoms with Crippen molar-refractivity contribution >= 4 is 27.9 Å². The molecule has 1 rings (SSSR count). The molecule has 0 aliphatic heterocycles. The quantitative estimate of drug-likeness (QED) is 0.627. The molecule has 0 spiro atoms. The van der Waals surface area contributed by atoms with Gasteiger partial charge in [-0.1, -0.05) is 29.5 Å². The predicted octanol–water partition coefficient (Wildman–Crippen LogP) is 2.50. The van der Waals surface area contributed by atoms with Crippen molar-refractivity contribution in [3.63, 3.8) is 0 Å². The molecule has 0 unspecified atom stereocenters. The van der Waals surface area contributed by atoms with Gasteiger partial charge >= 0.3 is 5.00 Å². The molecule has 0 saturated carbocycles. The Bertz CT molecular complexity index is 351. The van der Waals surface area contributed by atoms with Gasteiger partial charge < -0.3 is 5.32 Å². The van der Waals surface area contributed by atoms with Crippen molar-refractivity contribution in [2.75, 3.05) is 6.54 Å². The molecular formula is C8H9ClN2O2S. The van der Waals surface area contributed by atoms with E-state index in [0.29, 0.717) is 18.1 Å². The lowest BCUT2D eigenvalue weighted by atomic mass is 10.4. The lowest BCUT2D eigenvalue weighted by molar-refractivity contribution is -0.380. The summed E-state index contributed by atoms with van der Waals surface area (Å²) in [7, 11) is 0. The molecule has 0 aromatic carbocycles. The summed E-state index contributed by atoms with van der Waals surface area (Å²) in [6, 6.07) is 3.23. The predicted molar refractivity (Wildman–Crippen MR) is 57.7 cm³/mol. The Morgan fingerprint density at radius 2 is 2.43 bits per heavy atom. The fourth-order valence-electron chi connectivity index (χ4n) is 0.881. The van der Waals surface area contributed by atoms with Gasteiger partial charge in [-0.15, -0.1) is 0 Å². The smallest absolute Gasteiger partial charge is 0.307 e. The summed E-state index contributed by atoms with van der Waals surface area (Å²) in [5.74, 6) is 0. The molecule has 0 amide bonds. The van der Waals surface area contributed by atoms with E-state index in [2.05, 4.69) is 11.9 Å². The van der Waals surface area contributed by atoms with Crippen molar-refractivity contribution in [3.05, 3.63) is 38.7 Å². The van der Waals surface area contributed by atoms with Gasteiger partial charge in [0.05, 0.1) is 4.92 Å². The normalized spacial score (nSPS) is 10.1. The maximum Gasteiger partial charge on any atom is 0.324 e. The number of hydrogen-bond acceptors (Lipinski definition) is 4. The molecule has 1 heterocycles. The van der Waals surface area contributed by atoms with Crippen LogP contribution in [-0.4, -0.2) is 11.5 Å². The van der Waals surface area contributed by atoms with Gasteiger partial charge in [-0.05, 0) is 6.07 Å². The number of nitro groups is 1. The lowest BCUT2D eigenvalue weighted by Crippen LogP contribution is -2.13. The van der Waals surface area contributed by atoms with Crippen LogP contribution < -0.4 is 5.32 Å². The first-order chi connectivity index (χ1) is 6.59. The van der Waals surface area contributed by atoms with E-state index in [-0.39, 0.29) is 5.00 Å². The number of hydrogen-bond donors (Lipinski definition) is 1. The number of thiophene rings is 1. The highest BCUT2D eigenvalue weighted by Gasteiger charge is 2.08. The zero-order valence-corrected chi connectivity index (χ0v) is 8.90. The molecule has 76 valence electrons. The van der Waals surface area contributed by atoms with E-state index in [1.807, 2.05) is 0 Å². The van der Waals surface area contributed by atoms with E-state index in [9.17, 15) is 10.1 Å². The maximum atomic E-state index is 10.4. The van der Waals surface area contributed by atoms with Crippen LogP contribution >= 0.6 is 22.9 Å². The number of rotatable bonds is 5. The number of nitrogens with zero attached hydrogens (tertiary/aromatic N) is 1. The van der Waals surface area contributed by atoms with Crippen LogP contribution in [0.25, 0.3) is 0 Å². The first kappa shape index (κ1) is 11.2. The molecule has 1 N–H and O–H groups in total. The third-order valence-corrected chi connectivity index (χ3v) is 2.61. The second-order valence-corrected chi connectivity index (χ2v) is 4.30. The number of halogens is 1. The molecule has 0 saturated heterocycles. The monoisotopic (exact) mass is 232 g/mol. The zero-order valence-electron chi connectivity index (χ0n) is 7.33. The van der Waals surface area contributed by atoms with E-state index in [4.69, 9.17) is 11.6 Å². The highest BCUT2D eigenvalue weighted by atomic mass is 35.5. The first-order valence-electron chi connectivity index (χ1n) is 3.86. The van der Waals surface area contributed by atoms with Crippen molar-refractivity contribution in [2.45, 2.75) is 6.54 Å². The Morgan fingerprint density at radius 1 is 1.71 bits per heavy atom. The minimum Gasteiger partial charge on any atom is -0.307 e. The molecule has 0 bridgehead atoms. The topological polar surface area (TPSA) is 55.2 Å². The summed E-state index contributed by atoms with van der Waals surface area (Å²) < 4.78 is 0. The average Bonchev–Trinajstić information content (AvgIpc) is 2.52. The third-order valence-electron chi connectivity index (χ3n) is 1.44. The molecule has 0 fully saturated rings. The molecular weight excluding hydrogens is 224 g/mol. The summed E-state index contributed by atoms with van der Waals surface area (Å²) in [4.78, 5) is 10.9. The van der Waals surface area contributed by atoms with Gasteiger partial charge in [-0.3, -0.25) is 10.1 Å². The van der Waals surface area contributed by atoms with E-state index in [1.165, 1.54) is 6.07 Å². The summed E-state index contributed by atoms with van der Waals surface area (Å²) in [5.41, 5.74) is 0. The second-order valence-electron chi connectivity index (χ2n) is 2.62. The molecule has 14 heavy (non-hydrogen) atoms. The van der Waals surface area contributed by atoms with Crippen LogP contribution in [0.1, 0.15) is 4.88 Å². The van der Waals surface area contributed by atoms with Crippen molar-refractivity contribution in [3.8, 4) is 0 Å². The Hall–Kier alpha value is -0.910. The van der Waals surface area contributed by atoms with Gasteiger partial charge in [0.25, 0.3) is 0 Å². The van der Waals surface area contributed by atoms with Crippen LogP contribution in [0.5, 0.6) is 0 Å². The van der Waals surface area contributed by atoms with Crippen LogP contribution in [-0.2, 0) is 6.54 Å². The van der Waals surface area contributed by atoms with Gasteiger partial charge in [0.1, 0.15) is 0 Å². The van der Waals surface area contributed by atoms with Crippen molar-refractivity contribution < 1.29 is 4.92 Å². The second kappa shape index (κ2) is 5.09. The van der Waals surface area contributed by atoms with Crippen LogP contribution in [0.2, 0.25) is 0 Å². The molecule has 4 nitrogen and oxygen atoms in total. The highest BCUT2D eigenvalue weighted by Crippen LogP contribution is 2.23. The lowest BCUT2D eigenvalue weighted by Gasteiger charge is -1.98. The minimum absolute atomic E-state index is 0.159. The third kappa shape index (κ3) is 3.45. The molecule has 0 aliphatic carbocycles. The number of nitrogens with one attached hydrogen (secondary N) is 1.